The number of carboxylic acids is 1. The number of carboxylic acid groups (broad SMARTS) is 1. The lowest BCUT2D eigenvalue weighted by Crippen LogP contribution is -2.06. The first-order valence-corrected chi connectivity index (χ1v) is 4.14. The summed E-state index contributed by atoms with van der Waals surface area (Å²) in [5.74, 6) is -0.847. The van der Waals surface area contributed by atoms with Crippen LogP contribution in [-0.2, 0) is 6.42 Å². The minimum Gasteiger partial charge on any atom is -0.478 e. The maximum atomic E-state index is 10.8. The van der Waals surface area contributed by atoms with Crippen LogP contribution in [0.15, 0.2) is 30.4 Å². The molecule has 1 N–H and O–H groups in total. The zero-order chi connectivity index (χ0) is 9.26. The highest BCUT2D eigenvalue weighted by molar-refractivity contribution is 5.90. The molecule has 0 aromatic heterocycles. The Morgan fingerprint density at radius 3 is 3.00 bits per heavy atom. The molecule has 0 unspecified atom stereocenters. The second kappa shape index (κ2) is 3.05. The van der Waals surface area contributed by atoms with Crippen molar-refractivity contribution in [1.29, 1.82) is 0 Å². The molecule has 0 saturated heterocycles. The Hall–Kier alpha value is -1.57. The van der Waals surface area contributed by atoms with Crippen molar-refractivity contribution in [2.75, 3.05) is 0 Å². The molecule has 0 aliphatic heterocycles. The minimum absolute atomic E-state index is 0.415. The molecule has 1 aromatic rings. The van der Waals surface area contributed by atoms with E-state index < -0.39 is 5.97 Å². The molecule has 1 radical (unpaired) electrons. The maximum absolute atomic E-state index is 10.8. The van der Waals surface area contributed by atoms with Gasteiger partial charge in [-0.1, -0.05) is 24.3 Å². The molecule has 0 saturated carbocycles. The van der Waals surface area contributed by atoms with E-state index in [0.29, 0.717) is 12.0 Å². The fraction of sp³-hybridized carbons (Fsp3) is 0.0909. The van der Waals surface area contributed by atoms with Crippen molar-refractivity contribution in [3.63, 3.8) is 0 Å². The van der Waals surface area contributed by atoms with Gasteiger partial charge in [-0.25, -0.2) is 4.79 Å². The van der Waals surface area contributed by atoms with Crippen LogP contribution in [0.1, 0.15) is 21.5 Å². The zero-order valence-electron chi connectivity index (χ0n) is 7.03. The van der Waals surface area contributed by atoms with Crippen LogP contribution in [0, 0.1) is 6.42 Å². The van der Waals surface area contributed by atoms with Gasteiger partial charge >= 0.3 is 5.97 Å². The summed E-state index contributed by atoms with van der Waals surface area (Å²) < 4.78 is 0. The number of carbonyl (C=O) groups is 1. The largest absolute Gasteiger partial charge is 0.478 e. The summed E-state index contributed by atoms with van der Waals surface area (Å²) in [5.41, 5.74) is 2.35. The maximum Gasteiger partial charge on any atom is 0.335 e. The molecule has 1 aliphatic rings. The van der Waals surface area contributed by atoms with Crippen LogP contribution in [0.25, 0.3) is 0 Å². The summed E-state index contributed by atoms with van der Waals surface area (Å²) in [4.78, 5) is 10.8. The summed E-state index contributed by atoms with van der Waals surface area (Å²) in [7, 11) is 0. The van der Waals surface area contributed by atoms with E-state index in [0.717, 1.165) is 11.1 Å². The summed E-state index contributed by atoms with van der Waals surface area (Å²) in [6.45, 7) is 0. The first-order chi connectivity index (χ1) is 6.29. The zero-order valence-corrected chi connectivity index (χ0v) is 7.03. The van der Waals surface area contributed by atoms with Gasteiger partial charge in [0.15, 0.2) is 0 Å². The van der Waals surface area contributed by atoms with Crippen LogP contribution in [0.2, 0.25) is 0 Å². The second-order valence-corrected chi connectivity index (χ2v) is 2.98. The first kappa shape index (κ1) is 8.05. The van der Waals surface area contributed by atoms with Crippen molar-refractivity contribution in [3.05, 3.63) is 53.5 Å². The molecule has 2 rings (SSSR count). The minimum atomic E-state index is -0.847. The van der Waals surface area contributed by atoms with E-state index in [4.69, 9.17) is 5.11 Å². The van der Waals surface area contributed by atoms with Crippen molar-refractivity contribution in [2.45, 2.75) is 6.42 Å². The highest BCUT2D eigenvalue weighted by Gasteiger charge is 2.13. The number of hydrogen-bond acceptors (Lipinski definition) is 1. The van der Waals surface area contributed by atoms with Crippen LogP contribution in [-0.4, -0.2) is 11.1 Å². The number of fused-ring (bicyclic) bond motifs is 1. The lowest BCUT2D eigenvalue weighted by Gasteiger charge is -2.12. The Bertz CT molecular complexity index is 378. The molecule has 65 valence electrons. The fourth-order valence-electron chi connectivity index (χ4n) is 1.55. The molecule has 1 aromatic carbocycles. The van der Waals surface area contributed by atoms with Gasteiger partial charge in [-0.15, -0.1) is 0 Å². The summed E-state index contributed by atoms with van der Waals surface area (Å²) in [6.07, 6.45) is 6.57. The van der Waals surface area contributed by atoms with Gasteiger partial charge in [-0.2, -0.15) is 0 Å². The van der Waals surface area contributed by atoms with Crippen molar-refractivity contribution >= 4 is 5.97 Å². The SMILES string of the molecule is O=C(O)c1cccc2c1CC=C[CH]2. The molecule has 0 fully saturated rings. The molecular formula is C11H9O2. The van der Waals surface area contributed by atoms with E-state index in [1.54, 1.807) is 12.1 Å². The summed E-state index contributed by atoms with van der Waals surface area (Å²) in [5, 5.41) is 8.90. The molecule has 0 amide bonds. The van der Waals surface area contributed by atoms with Crippen molar-refractivity contribution in [1.82, 2.24) is 0 Å². The van der Waals surface area contributed by atoms with Gasteiger partial charge in [0.1, 0.15) is 0 Å². The van der Waals surface area contributed by atoms with Crippen LogP contribution >= 0.6 is 0 Å². The van der Waals surface area contributed by atoms with Crippen molar-refractivity contribution in [2.24, 2.45) is 0 Å². The Labute approximate surface area is 76.5 Å². The molecule has 0 spiro atoms. The first-order valence-electron chi connectivity index (χ1n) is 4.14. The Morgan fingerprint density at radius 2 is 2.23 bits per heavy atom. The topological polar surface area (TPSA) is 37.3 Å². The van der Waals surface area contributed by atoms with E-state index in [1.807, 2.05) is 24.6 Å². The van der Waals surface area contributed by atoms with Crippen LogP contribution < -0.4 is 0 Å². The summed E-state index contributed by atoms with van der Waals surface area (Å²) >= 11 is 0. The van der Waals surface area contributed by atoms with Gasteiger partial charge in [0.2, 0.25) is 0 Å². The Balaban J connectivity index is 2.55. The quantitative estimate of drug-likeness (QED) is 0.705. The predicted octanol–water partition coefficient (Wildman–Crippen LogP) is 2.05. The third-order valence-corrected chi connectivity index (χ3v) is 2.18. The number of rotatable bonds is 1. The molecule has 0 heterocycles. The van der Waals surface area contributed by atoms with Crippen molar-refractivity contribution < 1.29 is 9.90 Å². The Morgan fingerprint density at radius 1 is 1.38 bits per heavy atom. The molecule has 2 heteroatoms. The smallest absolute Gasteiger partial charge is 0.335 e. The van der Waals surface area contributed by atoms with E-state index in [1.165, 1.54) is 0 Å². The predicted molar refractivity (Wildman–Crippen MR) is 49.6 cm³/mol. The number of hydrogen-bond donors (Lipinski definition) is 1. The monoisotopic (exact) mass is 173 g/mol. The van der Waals surface area contributed by atoms with E-state index >= 15 is 0 Å². The third kappa shape index (κ3) is 1.35. The molecule has 0 atom stereocenters. The van der Waals surface area contributed by atoms with Gasteiger partial charge in [0.05, 0.1) is 5.56 Å². The Kier molecular flexibility index (Phi) is 1.89. The average molecular weight is 173 g/mol. The lowest BCUT2D eigenvalue weighted by atomic mass is 9.92. The molecule has 2 nitrogen and oxygen atoms in total. The van der Waals surface area contributed by atoms with E-state index in [-0.39, 0.29) is 0 Å². The standard InChI is InChI=1S/C11H9O2/c12-11(13)10-7-3-5-8-4-1-2-6-9(8)10/h1-5,7H,6H2,(H,12,13). The highest BCUT2D eigenvalue weighted by Crippen LogP contribution is 2.21. The molecule has 13 heavy (non-hydrogen) atoms. The number of allylic oxidation sites excluding steroid dienone is 2. The second-order valence-electron chi connectivity index (χ2n) is 2.98. The molecule has 1 aliphatic carbocycles. The van der Waals surface area contributed by atoms with Gasteiger partial charge in [0, 0.05) is 6.42 Å². The van der Waals surface area contributed by atoms with Crippen LogP contribution in [0.4, 0.5) is 0 Å². The number of benzene rings is 1. The molecule has 0 bridgehead atoms. The van der Waals surface area contributed by atoms with Gasteiger partial charge in [-0.3, -0.25) is 0 Å². The normalized spacial score (nSPS) is 13.8. The van der Waals surface area contributed by atoms with Gasteiger partial charge in [-0.05, 0) is 23.6 Å². The van der Waals surface area contributed by atoms with Crippen LogP contribution in [0.5, 0.6) is 0 Å². The lowest BCUT2D eigenvalue weighted by molar-refractivity contribution is 0.0696. The average Bonchev–Trinajstić information content (AvgIpc) is 2.17. The molecular weight excluding hydrogens is 164 g/mol. The van der Waals surface area contributed by atoms with Gasteiger partial charge < -0.3 is 5.11 Å². The third-order valence-electron chi connectivity index (χ3n) is 2.18. The van der Waals surface area contributed by atoms with E-state index in [2.05, 4.69) is 0 Å². The van der Waals surface area contributed by atoms with Crippen molar-refractivity contribution in [3.8, 4) is 0 Å². The van der Waals surface area contributed by atoms with E-state index in [9.17, 15) is 4.79 Å². The number of aromatic carboxylic acids is 1. The highest BCUT2D eigenvalue weighted by atomic mass is 16.4. The fourth-order valence-corrected chi connectivity index (χ4v) is 1.55. The van der Waals surface area contributed by atoms with Gasteiger partial charge in [0.25, 0.3) is 0 Å². The summed E-state index contributed by atoms with van der Waals surface area (Å²) in [6, 6.07) is 5.36. The van der Waals surface area contributed by atoms with Crippen LogP contribution in [0.3, 0.4) is 0 Å².